The molecule has 0 spiro atoms. The molecule has 0 fully saturated rings. The van der Waals surface area contributed by atoms with E-state index in [2.05, 4.69) is 6.92 Å². The van der Waals surface area contributed by atoms with Gasteiger partial charge in [-0.3, -0.25) is 4.79 Å². The minimum Gasteiger partial charge on any atom is -0.380 e. The molecule has 3 unspecified atom stereocenters. The Bertz CT molecular complexity index is 196. The van der Waals surface area contributed by atoms with Crippen LogP contribution in [0.2, 0.25) is 0 Å². The van der Waals surface area contributed by atoms with Crippen LogP contribution in [-0.4, -0.2) is 19.0 Å². The SMILES string of the molecule is COC1C(C)CC=CC(=O)C1C. The monoisotopic (exact) mass is 168 g/mol. The van der Waals surface area contributed by atoms with Crippen molar-refractivity contribution in [1.29, 1.82) is 0 Å². The van der Waals surface area contributed by atoms with Gasteiger partial charge >= 0.3 is 0 Å². The lowest BCUT2D eigenvalue weighted by molar-refractivity contribution is -0.122. The van der Waals surface area contributed by atoms with Crippen LogP contribution in [0.5, 0.6) is 0 Å². The van der Waals surface area contributed by atoms with E-state index in [0.717, 1.165) is 6.42 Å². The topological polar surface area (TPSA) is 26.3 Å². The van der Waals surface area contributed by atoms with Crippen LogP contribution in [0.3, 0.4) is 0 Å². The zero-order valence-electron chi connectivity index (χ0n) is 7.91. The predicted octanol–water partition coefficient (Wildman–Crippen LogP) is 1.80. The molecule has 12 heavy (non-hydrogen) atoms. The number of ether oxygens (including phenoxy) is 1. The highest BCUT2D eigenvalue weighted by atomic mass is 16.5. The molecule has 0 aromatic carbocycles. The van der Waals surface area contributed by atoms with E-state index in [1.807, 2.05) is 13.0 Å². The third-order valence-electron chi connectivity index (χ3n) is 2.56. The maximum absolute atomic E-state index is 11.4. The number of methoxy groups -OCH3 is 1. The molecule has 0 aliphatic heterocycles. The number of carbonyl (C=O) groups excluding carboxylic acids is 1. The zero-order valence-corrected chi connectivity index (χ0v) is 7.91. The highest BCUT2D eigenvalue weighted by Gasteiger charge is 2.28. The Morgan fingerprint density at radius 3 is 2.75 bits per heavy atom. The van der Waals surface area contributed by atoms with Gasteiger partial charge in [-0.1, -0.05) is 19.9 Å². The summed E-state index contributed by atoms with van der Waals surface area (Å²) in [5.41, 5.74) is 0. The third kappa shape index (κ3) is 1.75. The lowest BCUT2D eigenvalue weighted by atomic mass is 9.91. The standard InChI is InChI=1S/C10H16O2/c1-7-5-4-6-9(11)8(2)10(7)12-3/h4,6-8,10H,5H2,1-3H3. The van der Waals surface area contributed by atoms with Crippen molar-refractivity contribution >= 4 is 5.78 Å². The zero-order chi connectivity index (χ0) is 9.14. The van der Waals surface area contributed by atoms with Crippen LogP contribution >= 0.6 is 0 Å². The summed E-state index contributed by atoms with van der Waals surface area (Å²) in [5.74, 6) is 0.627. The Labute approximate surface area is 73.6 Å². The van der Waals surface area contributed by atoms with Crippen LogP contribution in [0.1, 0.15) is 20.3 Å². The normalized spacial score (nSPS) is 36.6. The quantitative estimate of drug-likeness (QED) is 0.596. The highest BCUT2D eigenvalue weighted by molar-refractivity contribution is 5.92. The van der Waals surface area contributed by atoms with Crippen LogP contribution < -0.4 is 0 Å². The van der Waals surface area contributed by atoms with Gasteiger partial charge in [0.05, 0.1) is 6.10 Å². The second-order valence-electron chi connectivity index (χ2n) is 3.51. The van der Waals surface area contributed by atoms with Crippen molar-refractivity contribution in [1.82, 2.24) is 0 Å². The molecule has 2 nitrogen and oxygen atoms in total. The Morgan fingerprint density at radius 1 is 1.50 bits per heavy atom. The van der Waals surface area contributed by atoms with Crippen molar-refractivity contribution in [2.75, 3.05) is 7.11 Å². The fourth-order valence-corrected chi connectivity index (χ4v) is 1.78. The van der Waals surface area contributed by atoms with Gasteiger partial charge in [-0.15, -0.1) is 0 Å². The summed E-state index contributed by atoms with van der Waals surface area (Å²) in [5, 5.41) is 0. The summed E-state index contributed by atoms with van der Waals surface area (Å²) < 4.78 is 5.31. The minimum absolute atomic E-state index is 0.00347. The Hall–Kier alpha value is -0.630. The number of rotatable bonds is 1. The molecule has 0 aromatic rings. The van der Waals surface area contributed by atoms with Gasteiger partial charge in [-0.2, -0.15) is 0 Å². The number of ketones is 1. The van der Waals surface area contributed by atoms with E-state index in [-0.39, 0.29) is 17.8 Å². The average molecular weight is 168 g/mol. The van der Waals surface area contributed by atoms with Crippen LogP contribution in [-0.2, 0) is 9.53 Å². The average Bonchev–Trinajstić information content (AvgIpc) is 2.14. The molecule has 2 heteroatoms. The van der Waals surface area contributed by atoms with Crippen molar-refractivity contribution in [3.63, 3.8) is 0 Å². The first kappa shape index (κ1) is 9.46. The van der Waals surface area contributed by atoms with Gasteiger partial charge in [0, 0.05) is 13.0 Å². The number of carbonyl (C=O) groups is 1. The van der Waals surface area contributed by atoms with Crippen LogP contribution in [0.25, 0.3) is 0 Å². The van der Waals surface area contributed by atoms with Crippen molar-refractivity contribution < 1.29 is 9.53 Å². The van der Waals surface area contributed by atoms with E-state index in [1.54, 1.807) is 13.2 Å². The molecule has 0 heterocycles. The van der Waals surface area contributed by atoms with E-state index in [9.17, 15) is 4.79 Å². The van der Waals surface area contributed by atoms with Gasteiger partial charge in [0.1, 0.15) is 0 Å². The summed E-state index contributed by atoms with van der Waals surface area (Å²) >= 11 is 0. The molecule has 0 saturated heterocycles. The fourth-order valence-electron chi connectivity index (χ4n) is 1.78. The lowest BCUT2D eigenvalue weighted by Gasteiger charge is -2.24. The van der Waals surface area contributed by atoms with Crippen molar-refractivity contribution in [3.8, 4) is 0 Å². The first-order chi connectivity index (χ1) is 5.66. The van der Waals surface area contributed by atoms with E-state index in [4.69, 9.17) is 4.74 Å². The van der Waals surface area contributed by atoms with Gasteiger partial charge in [-0.25, -0.2) is 0 Å². The summed E-state index contributed by atoms with van der Waals surface area (Å²) in [7, 11) is 1.68. The minimum atomic E-state index is 0.00347. The summed E-state index contributed by atoms with van der Waals surface area (Å²) in [6.07, 6.45) is 4.64. The number of hydrogen-bond acceptors (Lipinski definition) is 2. The summed E-state index contributed by atoms with van der Waals surface area (Å²) in [4.78, 5) is 11.4. The first-order valence-corrected chi connectivity index (χ1v) is 4.40. The predicted molar refractivity (Wildman–Crippen MR) is 47.9 cm³/mol. The van der Waals surface area contributed by atoms with Crippen molar-refractivity contribution in [2.45, 2.75) is 26.4 Å². The molecule has 0 saturated carbocycles. The van der Waals surface area contributed by atoms with Crippen LogP contribution in [0.15, 0.2) is 12.2 Å². The maximum Gasteiger partial charge on any atom is 0.160 e. The second-order valence-corrected chi connectivity index (χ2v) is 3.51. The number of hydrogen-bond donors (Lipinski definition) is 0. The van der Waals surface area contributed by atoms with E-state index in [1.165, 1.54) is 0 Å². The first-order valence-electron chi connectivity index (χ1n) is 4.40. The highest BCUT2D eigenvalue weighted by Crippen LogP contribution is 2.23. The molecule has 0 radical (unpaired) electrons. The van der Waals surface area contributed by atoms with Gasteiger partial charge in [0.15, 0.2) is 5.78 Å². The van der Waals surface area contributed by atoms with Crippen molar-refractivity contribution in [3.05, 3.63) is 12.2 Å². The van der Waals surface area contributed by atoms with Crippen LogP contribution in [0, 0.1) is 11.8 Å². The molecule has 0 aromatic heterocycles. The lowest BCUT2D eigenvalue weighted by Crippen LogP contribution is -2.30. The molecule has 0 bridgehead atoms. The fraction of sp³-hybridized carbons (Fsp3) is 0.700. The van der Waals surface area contributed by atoms with Gasteiger partial charge < -0.3 is 4.74 Å². The van der Waals surface area contributed by atoms with Crippen molar-refractivity contribution in [2.24, 2.45) is 11.8 Å². The summed E-state index contributed by atoms with van der Waals surface area (Å²) in [6.45, 7) is 4.05. The summed E-state index contributed by atoms with van der Waals surface area (Å²) in [6, 6.07) is 0. The van der Waals surface area contributed by atoms with E-state index < -0.39 is 0 Å². The molecule has 1 aliphatic carbocycles. The smallest absolute Gasteiger partial charge is 0.160 e. The molecular formula is C10H16O2. The molecule has 1 aliphatic rings. The third-order valence-corrected chi connectivity index (χ3v) is 2.56. The van der Waals surface area contributed by atoms with Gasteiger partial charge in [-0.05, 0) is 18.4 Å². The van der Waals surface area contributed by atoms with E-state index in [0.29, 0.717) is 5.92 Å². The molecular weight excluding hydrogens is 152 g/mol. The maximum atomic E-state index is 11.4. The van der Waals surface area contributed by atoms with E-state index >= 15 is 0 Å². The molecule has 0 N–H and O–H groups in total. The Morgan fingerprint density at radius 2 is 2.17 bits per heavy atom. The largest absolute Gasteiger partial charge is 0.380 e. The van der Waals surface area contributed by atoms with Crippen LogP contribution in [0.4, 0.5) is 0 Å². The molecule has 1 rings (SSSR count). The van der Waals surface area contributed by atoms with Gasteiger partial charge in [0.25, 0.3) is 0 Å². The Balaban J connectivity index is 2.77. The second kappa shape index (κ2) is 3.85. The molecule has 68 valence electrons. The molecule has 0 amide bonds. The Kier molecular flexibility index (Phi) is 3.04. The number of allylic oxidation sites excluding steroid dienone is 2. The molecule has 3 atom stereocenters. The van der Waals surface area contributed by atoms with Gasteiger partial charge in [0.2, 0.25) is 0 Å².